The normalized spacial score (nSPS) is 11.3. The zero-order chi connectivity index (χ0) is 25.2. The molecule has 8 heteroatoms. The Morgan fingerprint density at radius 3 is 2.37 bits per heavy atom. The van der Waals surface area contributed by atoms with Crippen molar-refractivity contribution in [3.05, 3.63) is 88.6 Å². The monoisotopic (exact) mass is 494 g/mol. The standard InChI is InChI=1S/C27H30N2O5S/c1-5-14-29(25(30)17-22-7-6-15-35-22)26(20-10-13-23(33-3)24(16-20)34-4)27(31)28-18-19-8-11-21(32-2)12-9-19/h5-13,15-16,26H,1,14,17-18H2,2-4H3,(H,28,31). The molecule has 1 heterocycles. The topological polar surface area (TPSA) is 77.1 Å². The molecule has 0 saturated heterocycles. The molecule has 7 nitrogen and oxygen atoms in total. The number of nitrogens with zero attached hydrogens (tertiary/aromatic N) is 1. The van der Waals surface area contributed by atoms with E-state index < -0.39 is 6.04 Å². The van der Waals surface area contributed by atoms with Crippen LogP contribution in [0.15, 0.2) is 72.6 Å². The number of rotatable bonds is 12. The van der Waals surface area contributed by atoms with Crippen molar-refractivity contribution >= 4 is 23.2 Å². The second kappa shape index (κ2) is 12.6. The number of carbonyl (C=O) groups is 2. The van der Waals surface area contributed by atoms with Gasteiger partial charge in [0, 0.05) is 18.0 Å². The lowest BCUT2D eigenvalue weighted by molar-refractivity contribution is -0.139. The van der Waals surface area contributed by atoms with E-state index in [1.54, 1.807) is 38.5 Å². The maximum atomic E-state index is 13.6. The zero-order valence-electron chi connectivity index (χ0n) is 20.2. The molecule has 1 unspecified atom stereocenters. The summed E-state index contributed by atoms with van der Waals surface area (Å²) in [6.07, 6.45) is 1.82. The number of carbonyl (C=O) groups excluding carboxylic acids is 2. The van der Waals surface area contributed by atoms with Gasteiger partial charge in [-0.3, -0.25) is 9.59 Å². The van der Waals surface area contributed by atoms with Gasteiger partial charge in [-0.1, -0.05) is 30.3 Å². The molecule has 0 aliphatic rings. The van der Waals surface area contributed by atoms with Gasteiger partial charge in [0.2, 0.25) is 11.8 Å². The number of thiophene rings is 1. The molecule has 0 fully saturated rings. The summed E-state index contributed by atoms with van der Waals surface area (Å²) in [6.45, 7) is 4.31. The van der Waals surface area contributed by atoms with Crippen molar-refractivity contribution in [1.29, 1.82) is 0 Å². The maximum Gasteiger partial charge on any atom is 0.247 e. The highest BCUT2D eigenvalue weighted by atomic mass is 32.1. The summed E-state index contributed by atoms with van der Waals surface area (Å²) < 4.78 is 16.0. The summed E-state index contributed by atoms with van der Waals surface area (Å²) >= 11 is 1.50. The summed E-state index contributed by atoms with van der Waals surface area (Å²) in [6, 6.07) is 15.6. The Kier molecular flexibility index (Phi) is 9.31. The van der Waals surface area contributed by atoms with Crippen LogP contribution in [0, 0.1) is 0 Å². The Labute approximate surface area is 209 Å². The number of nitrogens with one attached hydrogen (secondary N) is 1. The van der Waals surface area contributed by atoms with Crippen molar-refractivity contribution in [2.24, 2.45) is 0 Å². The van der Waals surface area contributed by atoms with Gasteiger partial charge in [-0.25, -0.2) is 0 Å². The minimum Gasteiger partial charge on any atom is -0.497 e. The van der Waals surface area contributed by atoms with Gasteiger partial charge in [-0.05, 0) is 46.8 Å². The fourth-order valence-electron chi connectivity index (χ4n) is 3.68. The average Bonchev–Trinajstić information content (AvgIpc) is 3.40. The highest BCUT2D eigenvalue weighted by Gasteiger charge is 2.31. The Morgan fingerprint density at radius 2 is 1.77 bits per heavy atom. The van der Waals surface area contributed by atoms with Crippen molar-refractivity contribution in [3.8, 4) is 17.2 Å². The number of hydrogen-bond acceptors (Lipinski definition) is 6. The quantitative estimate of drug-likeness (QED) is 0.378. The third kappa shape index (κ3) is 6.64. The maximum absolute atomic E-state index is 13.6. The molecular formula is C27H30N2O5S. The summed E-state index contributed by atoms with van der Waals surface area (Å²) in [5, 5.41) is 4.90. The number of methoxy groups -OCH3 is 3. The fourth-order valence-corrected chi connectivity index (χ4v) is 4.37. The molecule has 35 heavy (non-hydrogen) atoms. The lowest BCUT2D eigenvalue weighted by atomic mass is 10.0. The molecule has 0 bridgehead atoms. The molecule has 184 valence electrons. The third-order valence-corrected chi connectivity index (χ3v) is 6.34. The van der Waals surface area contributed by atoms with Crippen molar-refractivity contribution in [2.75, 3.05) is 27.9 Å². The minimum atomic E-state index is -0.890. The van der Waals surface area contributed by atoms with Crippen LogP contribution in [0.25, 0.3) is 0 Å². The van der Waals surface area contributed by atoms with Crippen molar-refractivity contribution in [3.63, 3.8) is 0 Å². The van der Waals surface area contributed by atoms with Gasteiger partial charge in [-0.15, -0.1) is 17.9 Å². The predicted molar refractivity (Wildman–Crippen MR) is 137 cm³/mol. The van der Waals surface area contributed by atoms with Gasteiger partial charge in [0.15, 0.2) is 11.5 Å². The molecule has 0 spiro atoms. The van der Waals surface area contributed by atoms with Crippen molar-refractivity contribution < 1.29 is 23.8 Å². The SMILES string of the molecule is C=CCN(C(=O)Cc1cccs1)C(C(=O)NCc1ccc(OC)cc1)c1ccc(OC)c(OC)c1. The highest BCUT2D eigenvalue weighted by Crippen LogP contribution is 2.32. The summed E-state index contributed by atoms with van der Waals surface area (Å²) in [5.41, 5.74) is 1.52. The Morgan fingerprint density at radius 1 is 1.03 bits per heavy atom. The molecular weight excluding hydrogens is 464 g/mol. The van der Waals surface area contributed by atoms with Gasteiger partial charge < -0.3 is 24.4 Å². The van der Waals surface area contributed by atoms with Crippen LogP contribution >= 0.6 is 11.3 Å². The summed E-state index contributed by atoms with van der Waals surface area (Å²) in [7, 11) is 4.68. The van der Waals surface area contributed by atoms with E-state index >= 15 is 0 Å². The van der Waals surface area contributed by atoms with Gasteiger partial charge in [0.05, 0.1) is 27.8 Å². The second-order valence-electron chi connectivity index (χ2n) is 7.67. The molecule has 3 aromatic rings. The van der Waals surface area contributed by atoms with Crippen LogP contribution in [0.1, 0.15) is 22.0 Å². The molecule has 0 radical (unpaired) electrons. The first-order valence-corrected chi connectivity index (χ1v) is 11.9. The smallest absolute Gasteiger partial charge is 0.247 e. The molecule has 1 N–H and O–H groups in total. The van der Waals surface area contributed by atoms with Crippen LogP contribution in [0.3, 0.4) is 0 Å². The number of ether oxygens (including phenoxy) is 3. The first kappa shape index (κ1) is 25.8. The molecule has 2 aromatic carbocycles. The average molecular weight is 495 g/mol. The van der Waals surface area contributed by atoms with Crippen molar-refractivity contribution in [2.45, 2.75) is 19.0 Å². The predicted octanol–water partition coefficient (Wildman–Crippen LogP) is 4.39. The van der Waals surface area contributed by atoms with E-state index in [0.29, 0.717) is 23.6 Å². The van der Waals surface area contributed by atoms with E-state index in [-0.39, 0.29) is 24.8 Å². The molecule has 3 rings (SSSR count). The Hall–Kier alpha value is -3.78. The van der Waals surface area contributed by atoms with E-state index in [1.807, 2.05) is 41.8 Å². The van der Waals surface area contributed by atoms with Crippen LogP contribution in [-0.2, 0) is 22.6 Å². The Bertz CT molecular complexity index is 1130. The lowest BCUT2D eigenvalue weighted by Gasteiger charge is -2.31. The zero-order valence-corrected chi connectivity index (χ0v) is 21.0. The van der Waals surface area contributed by atoms with Gasteiger partial charge in [0.1, 0.15) is 11.8 Å². The largest absolute Gasteiger partial charge is 0.497 e. The molecule has 1 atom stereocenters. The third-order valence-electron chi connectivity index (χ3n) is 5.46. The summed E-state index contributed by atoms with van der Waals surface area (Å²) in [5.74, 6) is 1.26. The van der Waals surface area contributed by atoms with Crippen LogP contribution in [0.4, 0.5) is 0 Å². The molecule has 2 amide bonds. The molecule has 1 aromatic heterocycles. The van der Waals surface area contributed by atoms with Crippen LogP contribution < -0.4 is 19.5 Å². The van der Waals surface area contributed by atoms with E-state index in [0.717, 1.165) is 16.2 Å². The van der Waals surface area contributed by atoms with E-state index in [4.69, 9.17) is 14.2 Å². The van der Waals surface area contributed by atoms with E-state index in [9.17, 15) is 9.59 Å². The lowest BCUT2D eigenvalue weighted by Crippen LogP contribution is -2.44. The van der Waals surface area contributed by atoms with Gasteiger partial charge >= 0.3 is 0 Å². The van der Waals surface area contributed by atoms with Crippen LogP contribution in [-0.4, -0.2) is 44.6 Å². The summed E-state index contributed by atoms with van der Waals surface area (Å²) in [4.78, 5) is 29.4. The number of hydrogen-bond donors (Lipinski definition) is 1. The van der Waals surface area contributed by atoms with Gasteiger partial charge in [0.25, 0.3) is 0 Å². The van der Waals surface area contributed by atoms with E-state index in [1.165, 1.54) is 23.3 Å². The first-order chi connectivity index (χ1) is 17.0. The molecule has 0 aliphatic heterocycles. The van der Waals surface area contributed by atoms with Crippen LogP contribution in [0.2, 0.25) is 0 Å². The van der Waals surface area contributed by atoms with E-state index in [2.05, 4.69) is 11.9 Å². The fraction of sp³-hybridized carbons (Fsp3) is 0.259. The Balaban J connectivity index is 1.93. The minimum absolute atomic E-state index is 0.174. The molecule has 0 saturated carbocycles. The van der Waals surface area contributed by atoms with Gasteiger partial charge in [-0.2, -0.15) is 0 Å². The second-order valence-corrected chi connectivity index (χ2v) is 8.71. The number of amides is 2. The first-order valence-electron chi connectivity index (χ1n) is 11.1. The molecule has 0 aliphatic carbocycles. The highest BCUT2D eigenvalue weighted by molar-refractivity contribution is 7.10. The van der Waals surface area contributed by atoms with Crippen molar-refractivity contribution in [1.82, 2.24) is 10.2 Å². The van der Waals surface area contributed by atoms with Crippen LogP contribution in [0.5, 0.6) is 17.2 Å². The number of benzene rings is 2.